The van der Waals surface area contributed by atoms with Crippen molar-refractivity contribution in [3.05, 3.63) is 39.0 Å². The maximum atomic E-state index is 11.1. The first-order chi connectivity index (χ1) is 7.66. The quantitative estimate of drug-likeness (QED) is 0.874. The minimum Gasteiger partial charge on any atom is -0.273 e. The first kappa shape index (κ1) is 11.4. The summed E-state index contributed by atoms with van der Waals surface area (Å²) in [5.41, 5.74) is 0.879. The van der Waals surface area contributed by atoms with Crippen LogP contribution in [-0.4, -0.2) is 19.7 Å². The molecule has 0 saturated heterocycles. The number of pyridine rings is 1. The van der Waals surface area contributed by atoms with Crippen molar-refractivity contribution in [3.63, 3.8) is 0 Å². The Kier molecular flexibility index (Phi) is 3.45. The average molecular weight is 301 g/mol. The van der Waals surface area contributed by atoms with Crippen molar-refractivity contribution >= 4 is 27.7 Å². The molecule has 0 saturated carbocycles. The van der Waals surface area contributed by atoms with Crippen molar-refractivity contribution < 1.29 is 0 Å². The fraction of sp³-hybridized carbons (Fsp3) is 0.222. The second kappa shape index (κ2) is 4.84. The van der Waals surface area contributed by atoms with Gasteiger partial charge in [0, 0.05) is 29.7 Å². The number of hydrogen-bond acceptors (Lipinski definition) is 4. The standard InChI is InChI=1S/C9H9BrN4OS/c1-14-8(15)12-13-9(14)16-5-6-2-7(10)4-11-3-6/h2-4H,5H2,1H3,(H,12,15). The fourth-order valence-corrected chi connectivity index (χ4v) is 2.40. The van der Waals surface area contributed by atoms with Gasteiger partial charge in [0.05, 0.1) is 0 Å². The molecule has 84 valence electrons. The third-order valence-corrected chi connectivity index (χ3v) is 3.50. The minimum absolute atomic E-state index is 0.199. The fourth-order valence-electron chi connectivity index (χ4n) is 1.14. The molecule has 0 radical (unpaired) electrons. The smallest absolute Gasteiger partial charge is 0.273 e. The van der Waals surface area contributed by atoms with E-state index in [1.165, 1.54) is 16.3 Å². The predicted molar refractivity (Wildman–Crippen MR) is 65.3 cm³/mol. The Morgan fingerprint density at radius 3 is 3.00 bits per heavy atom. The van der Waals surface area contributed by atoms with Gasteiger partial charge in [0.15, 0.2) is 5.16 Å². The number of H-pyrrole nitrogens is 1. The normalized spacial score (nSPS) is 10.6. The lowest BCUT2D eigenvalue weighted by atomic mass is 10.3. The molecule has 0 aromatic carbocycles. The van der Waals surface area contributed by atoms with Gasteiger partial charge in [-0.15, -0.1) is 5.10 Å². The molecule has 7 heteroatoms. The number of nitrogens with one attached hydrogen (secondary N) is 1. The molecule has 1 N–H and O–H groups in total. The summed E-state index contributed by atoms with van der Waals surface area (Å²) in [5.74, 6) is 0.727. The van der Waals surface area contributed by atoms with Crippen LogP contribution in [0, 0.1) is 0 Å². The van der Waals surface area contributed by atoms with Gasteiger partial charge in [-0.3, -0.25) is 9.55 Å². The van der Waals surface area contributed by atoms with E-state index in [0.717, 1.165) is 15.8 Å². The molecule has 0 aliphatic rings. The van der Waals surface area contributed by atoms with Crippen LogP contribution in [-0.2, 0) is 12.8 Å². The molecular formula is C9H9BrN4OS. The van der Waals surface area contributed by atoms with E-state index < -0.39 is 0 Å². The van der Waals surface area contributed by atoms with E-state index >= 15 is 0 Å². The lowest BCUT2D eigenvalue weighted by molar-refractivity contribution is 0.765. The Balaban J connectivity index is 2.08. The molecule has 2 heterocycles. The number of nitrogens with zero attached hydrogens (tertiary/aromatic N) is 3. The van der Waals surface area contributed by atoms with Crippen LogP contribution in [0.3, 0.4) is 0 Å². The molecule has 2 rings (SSSR count). The van der Waals surface area contributed by atoms with E-state index in [2.05, 4.69) is 31.1 Å². The summed E-state index contributed by atoms with van der Waals surface area (Å²) >= 11 is 4.85. The van der Waals surface area contributed by atoms with Gasteiger partial charge in [-0.2, -0.15) is 0 Å². The van der Waals surface area contributed by atoms with E-state index in [1.807, 2.05) is 6.07 Å². The van der Waals surface area contributed by atoms with Crippen molar-refractivity contribution in [2.45, 2.75) is 10.9 Å². The average Bonchev–Trinajstić information content (AvgIpc) is 2.57. The zero-order valence-electron chi connectivity index (χ0n) is 8.48. The SMILES string of the molecule is Cn1c(SCc2cncc(Br)c2)n[nH]c1=O. The second-order valence-corrected chi connectivity index (χ2v) is 5.03. The Labute approximate surface area is 104 Å². The summed E-state index contributed by atoms with van der Waals surface area (Å²) in [5, 5.41) is 6.98. The highest BCUT2D eigenvalue weighted by Crippen LogP contribution is 2.20. The van der Waals surface area contributed by atoms with Crippen LogP contribution in [0.4, 0.5) is 0 Å². The predicted octanol–water partition coefficient (Wildman–Crippen LogP) is 1.56. The van der Waals surface area contributed by atoms with Crippen LogP contribution < -0.4 is 5.69 Å². The van der Waals surface area contributed by atoms with Crippen LogP contribution in [0.1, 0.15) is 5.56 Å². The number of thioether (sulfide) groups is 1. The Hall–Kier alpha value is -1.08. The van der Waals surface area contributed by atoms with E-state index in [0.29, 0.717) is 5.16 Å². The highest BCUT2D eigenvalue weighted by Gasteiger charge is 2.05. The van der Waals surface area contributed by atoms with Gasteiger partial charge in [-0.05, 0) is 27.6 Å². The molecule has 16 heavy (non-hydrogen) atoms. The van der Waals surface area contributed by atoms with Crippen LogP contribution in [0.2, 0.25) is 0 Å². The monoisotopic (exact) mass is 300 g/mol. The topological polar surface area (TPSA) is 63.6 Å². The van der Waals surface area contributed by atoms with Gasteiger partial charge in [0.2, 0.25) is 0 Å². The molecule has 0 amide bonds. The summed E-state index contributed by atoms with van der Waals surface area (Å²) in [6.45, 7) is 0. The van der Waals surface area contributed by atoms with Crippen molar-refractivity contribution in [1.29, 1.82) is 0 Å². The lowest BCUT2D eigenvalue weighted by Gasteiger charge is -2.00. The molecule has 0 aliphatic heterocycles. The maximum Gasteiger partial charge on any atom is 0.343 e. The molecule has 0 atom stereocenters. The van der Waals surface area contributed by atoms with E-state index in [-0.39, 0.29) is 5.69 Å². The minimum atomic E-state index is -0.199. The molecule has 5 nitrogen and oxygen atoms in total. The molecule has 0 aliphatic carbocycles. The van der Waals surface area contributed by atoms with Crippen LogP contribution in [0.15, 0.2) is 32.9 Å². The van der Waals surface area contributed by atoms with E-state index in [4.69, 9.17) is 0 Å². The van der Waals surface area contributed by atoms with Gasteiger partial charge < -0.3 is 0 Å². The van der Waals surface area contributed by atoms with Crippen LogP contribution >= 0.6 is 27.7 Å². The van der Waals surface area contributed by atoms with Crippen molar-refractivity contribution in [1.82, 2.24) is 19.7 Å². The number of aromatic nitrogens is 4. The largest absolute Gasteiger partial charge is 0.343 e. The molecule has 0 spiro atoms. The Morgan fingerprint density at radius 1 is 1.56 bits per heavy atom. The molecule has 0 bridgehead atoms. The van der Waals surface area contributed by atoms with Gasteiger partial charge in [0.25, 0.3) is 0 Å². The van der Waals surface area contributed by atoms with Crippen LogP contribution in [0.5, 0.6) is 0 Å². The highest BCUT2D eigenvalue weighted by atomic mass is 79.9. The van der Waals surface area contributed by atoms with Crippen LogP contribution in [0.25, 0.3) is 0 Å². The number of rotatable bonds is 3. The Bertz CT molecular complexity index is 550. The lowest BCUT2D eigenvalue weighted by Crippen LogP contribution is -2.12. The zero-order valence-corrected chi connectivity index (χ0v) is 10.9. The second-order valence-electron chi connectivity index (χ2n) is 3.17. The number of aromatic amines is 1. The zero-order chi connectivity index (χ0) is 11.5. The maximum absolute atomic E-state index is 11.1. The molecule has 2 aromatic rings. The first-order valence-corrected chi connectivity index (χ1v) is 6.28. The third-order valence-electron chi connectivity index (χ3n) is 1.97. The van der Waals surface area contributed by atoms with Crippen molar-refractivity contribution in [3.8, 4) is 0 Å². The van der Waals surface area contributed by atoms with Gasteiger partial charge in [-0.25, -0.2) is 9.89 Å². The summed E-state index contributed by atoms with van der Waals surface area (Å²) in [6, 6.07) is 1.99. The number of hydrogen-bond donors (Lipinski definition) is 1. The molecule has 2 aromatic heterocycles. The van der Waals surface area contributed by atoms with Gasteiger partial charge in [-0.1, -0.05) is 11.8 Å². The summed E-state index contributed by atoms with van der Waals surface area (Å²) in [4.78, 5) is 15.2. The summed E-state index contributed by atoms with van der Waals surface area (Å²) in [7, 11) is 1.69. The highest BCUT2D eigenvalue weighted by molar-refractivity contribution is 9.10. The van der Waals surface area contributed by atoms with Gasteiger partial charge >= 0.3 is 5.69 Å². The Morgan fingerprint density at radius 2 is 2.38 bits per heavy atom. The molecular weight excluding hydrogens is 292 g/mol. The summed E-state index contributed by atoms with van der Waals surface area (Å²) < 4.78 is 2.43. The molecule has 0 fully saturated rings. The third kappa shape index (κ3) is 2.53. The van der Waals surface area contributed by atoms with Crippen molar-refractivity contribution in [2.24, 2.45) is 7.05 Å². The first-order valence-electron chi connectivity index (χ1n) is 4.50. The van der Waals surface area contributed by atoms with E-state index in [9.17, 15) is 4.79 Å². The summed E-state index contributed by atoms with van der Waals surface area (Å²) in [6.07, 6.45) is 3.53. The van der Waals surface area contributed by atoms with Gasteiger partial charge in [0.1, 0.15) is 0 Å². The van der Waals surface area contributed by atoms with E-state index in [1.54, 1.807) is 19.4 Å². The van der Waals surface area contributed by atoms with Crippen molar-refractivity contribution in [2.75, 3.05) is 0 Å². The number of halogens is 1. The molecule has 0 unspecified atom stereocenters.